The van der Waals surface area contributed by atoms with E-state index in [0.717, 1.165) is 0 Å². The molecule has 1 fully saturated rings. The molecule has 0 N–H and O–H groups in total. The molecule has 1 rings (SSSR count). The van der Waals surface area contributed by atoms with E-state index in [0.29, 0.717) is 19.6 Å². The molecule has 0 aliphatic carbocycles. The number of Topliss-reactive ketones (excluding diaryl/α,β-unsaturated/α-hetero) is 1. The lowest BCUT2D eigenvalue weighted by Crippen LogP contribution is -2.49. The highest BCUT2D eigenvalue weighted by Crippen LogP contribution is 2.15. The number of amides is 1. The Kier molecular flexibility index (Phi) is 5.54. The summed E-state index contributed by atoms with van der Waals surface area (Å²) in [6, 6.07) is 0. The van der Waals surface area contributed by atoms with Gasteiger partial charge < -0.3 is 14.4 Å². The maximum atomic E-state index is 11.9. The molecule has 19 heavy (non-hydrogen) atoms. The molecule has 1 aliphatic heterocycles. The van der Waals surface area contributed by atoms with Gasteiger partial charge in [0.15, 0.2) is 5.78 Å². The average molecular weight is 269 g/mol. The summed E-state index contributed by atoms with van der Waals surface area (Å²) in [4.78, 5) is 25.2. The van der Waals surface area contributed by atoms with E-state index in [1.165, 1.54) is 4.90 Å². The van der Waals surface area contributed by atoms with Gasteiger partial charge in [0.2, 0.25) is 0 Å². The molecule has 0 spiro atoms. The van der Waals surface area contributed by atoms with Crippen molar-refractivity contribution in [3.05, 3.63) is 12.2 Å². The lowest BCUT2D eigenvalue weighted by molar-refractivity contribution is -0.134. The number of rotatable bonds is 3. The molecule has 0 radical (unpaired) electrons. The van der Waals surface area contributed by atoms with Crippen LogP contribution in [0.25, 0.3) is 0 Å². The molecule has 1 unspecified atom stereocenters. The van der Waals surface area contributed by atoms with Crippen molar-refractivity contribution < 1.29 is 19.1 Å². The maximum absolute atomic E-state index is 11.9. The van der Waals surface area contributed by atoms with Crippen LogP contribution in [0.5, 0.6) is 0 Å². The van der Waals surface area contributed by atoms with Gasteiger partial charge >= 0.3 is 6.09 Å². The van der Waals surface area contributed by atoms with E-state index in [1.54, 1.807) is 0 Å². The lowest BCUT2D eigenvalue weighted by Gasteiger charge is -2.33. The second-order valence-corrected chi connectivity index (χ2v) is 5.53. The summed E-state index contributed by atoms with van der Waals surface area (Å²) in [5.41, 5.74) is -0.528. The van der Waals surface area contributed by atoms with Crippen LogP contribution in [0.15, 0.2) is 12.2 Å². The van der Waals surface area contributed by atoms with Crippen LogP contribution in [0.3, 0.4) is 0 Å². The second kappa shape index (κ2) is 6.70. The second-order valence-electron chi connectivity index (χ2n) is 5.53. The van der Waals surface area contributed by atoms with Gasteiger partial charge in [-0.05, 0) is 27.7 Å². The molecule has 0 aromatic heterocycles. The Balaban J connectivity index is 2.53. The fourth-order valence-electron chi connectivity index (χ4n) is 1.71. The number of nitrogens with zero attached hydrogens (tertiary/aromatic N) is 1. The summed E-state index contributed by atoms with van der Waals surface area (Å²) in [5, 5.41) is 0. The Morgan fingerprint density at radius 1 is 1.47 bits per heavy atom. The molecule has 0 aromatic carbocycles. The zero-order valence-corrected chi connectivity index (χ0v) is 12.1. The molecule has 1 amide bonds. The van der Waals surface area contributed by atoms with Crippen LogP contribution in [0.2, 0.25) is 0 Å². The SMILES string of the molecule is CC=CCOC1CN(C(=O)OC(C)(C)C)CCC1=O. The number of allylic oxidation sites excluding steroid dienone is 1. The summed E-state index contributed by atoms with van der Waals surface area (Å²) in [7, 11) is 0. The van der Waals surface area contributed by atoms with Gasteiger partial charge in [0.05, 0.1) is 13.2 Å². The van der Waals surface area contributed by atoms with Crippen molar-refractivity contribution in [3.8, 4) is 0 Å². The number of ether oxygens (including phenoxy) is 2. The van der Waals surface area contributed by atoms with Gasteiger partial charge in [0, 0.05) is 13.0 Å². The third-order valence-corrected chi connectivity index (χ3v) is 2.65. The zero-order chi connectivity index (χ0) is 14.5. The largest absolute Gasteiger partial charge is 0.444 e. The van der Waals surface area contributed by atoms with E-state index in [2.05, 4.69) is 0 Å². The highest BCUT2D eigenvalue weighted by atomic mass is 16.6. The Morgan fingerprint density at radius 2 is 2.16 bits per heavy atom. The van der Waals surface area contributed by atoms with Gasteiger partial charge in [-0.1, -0.05) is 12.2 Å². The minimum Gasteiger partial charge on any atom is -0.444 e. The normalized spacial score (nSPS) is 20.9. The Bertz CT molecular complexity index is 357. The molecule has 0 aromatic rings. The van der Waals surface area contributed by atoms with Gasteiger partial charge in [0.1, 0.15) is 11.7 Å². The number of hydrogen-bond donors (Lipinski definition) is 0. The van der Waals surface area contributed by atoms with Gasteiger partial charge in [0.25, 0.3) is 0 Å². The van der Waals surface area contributed by atoms with Crippen molar-refractivity contribution in [1.29, 1.82) is 0 Å². The van der Waals surface area contributed by atoms with E-state index in [-0.39, 0.29) is 18.4 Å². The predicted octanol–water partition coefficient (Wildman–Crippen LogP) is 2.16. The lowest BCUT2D eigenvalue weighted by atomic mass is 10.1. The fraction of sp³-hybridized carbons (Fsp3) is 0.714. The molecule has 1 saturated heterocycles. The minimum atomic E-state index is -0.544. The first kappa shape index (κ1) is 15.7. The quantitative estimate of drug-likeness (QED) is 0.737. The number of likely N-dealkylation sites (tertiary alicyclic amines) is 1. The molecule has 108 valence electrons. The Labute approximate surface area is 114 Å². The molecule has 0 saturated carbocycles. The first-order valence-corrected chi connectivity index (χ1v) is 6.57. The molecule has 1 aliphatic rings. The topological polar surface area (TPSA) is 55.8 Å². The van der Waals surface area contributed by atoms with Crippen molar-refractivity contribution in [2.75, 3.05) is 19.7 Å². The fourth-order valence-corrected chi connectivity index (χ4v) is 1.71. The van der Waals surface area contributed by atoms with Gasteiger partial charge in [-0.25, -0.2) is 4.79 Å². The highest BCUT2D eigenvalue weighted by Gasteiger charge is 2.32. The van der Waals surface area contributed by atoms with Crippen molar-refractivity contribution in [2.24, 2.45) is 0 Å². The first-order chi connectivity index (χ1) is 8.83. The van der Waals surface area contributed by atoms with E-state index in [4.69, 9.17) is 9.47 Å². The maximum Gasteiger partial charge on any atom is 0.410 e. The number of carbonyl (C=O) groups is 2. The van der Waals surface area contributed by atoms with Crippen LogP contribution < -0.4 is 0 Å². The van der Waals surface area contributed by atoms with Gasteiger partial charge in [-0.2, -0.15) is 0 Å². The van der Waals surface area contributed by atoms with E-state index in [1.807, 2.05) is 39.8 Å². The highest BCUT2D eigenvalue weighted by molar-refractivity contribution is 5.86. The van der Waals surface area contributed by atoms with Crippen LogP contribution >= 0.6 is 0 Å². The van der Waals surface area contributed by atoms with Crippen LogP contribution in [0.1, 0.15) is 34.1 Å². The third-order valence-electron chi connectivity index (χ3n) is 2.65. The van der Waals surface area contributed by atoms with E-state index >= 15 is 0 Å². The standard InChI is InChI=1S/C14H23NO4/c1-5-6-9-18-12-10-15(8-7-11(12)16)13(17)19-14(2,3)4/h5-6,12H,7-10H2,1-4H3. The van der Waals surface area contributed by atoms with Gasteiger partial charge in [-0.15, -0.1) is 0 Å². The zero-order valence-electron chi connectivity index (χ0n) is 12.1. The predicted molar refractivity (Wildman–Crippen MR) is 72.0 cm³/mol. The van der Waals surface area contributed by atoms with Crippen molar-refractivity contribution in [1.82, 2.24) is 4.90 Å². The number of carbonyl (C=O) groups excluding carboxylic acids is 2. The molecule has 0 bridgehead atoms. The summed E-state index contributed by atoms with van der Waals surface area (Å²) >= 11 is 0. The van der Waals surface area contributed by atoms with Gasteiger partial charge in [-0.3, -0.25) is 4.79 Å². The number of hydrogen-bond acceptors (Lipinski definition) is 4. The Morgan fingerprint density at radius 3 is 2.74 bits per heavy atom. The molecule has 5 nitrogen and oxygen atoms in total. The van der Waals surface area contributed by atoms with E-state index in [9.17, 15) is 9.59 Å². The summed E-state index contributed by atoms with van der Waals surface area (Å²) < 4.78 is 10.8. The summed E-state index contributed by atoms with van der Waals surface area (Å²) in [6.45, 7) is 8.40. The summed E-state index contributed by atoms with van der Waals surface area (Å²) in [5.74, 6) is 0.0457. The van der Waals surface area contributed by atoms with Crippen LogP contribution in [0.4, 0.5) is 4.79 Å². The number of piperidine rings is 1. The van der Waals surface area contributed by atoms with Crippen LogP contribution in [0, 0.1) is 0 Å². The average Bonchev–Trinajstić information content (AvgIpc) is 2.29. The van der Waals surface area contributed by atoms with Crippen molar-refractivity contribution in [3.63, 3.8) is 0 Å². The first-order valence-electron chi connectivity index (χ1n) is 6.57. The van der Waals surface area contributed by atoms with Crippen LogP contribution in [-0.2, 0) is 14.3 Å². The molecular weight excluding hydrogens is 246 g/mol. The summed E-state index contributed by atoms with van der Waals surface area (Å²) in [6.07, 6.45) is 3.08. The minimum absolute atomic E-state index is 0.0457. The third kappa shape index (κ3) is 5.42. The van der Waals surface area contributed by atoms with Crippen molar-refractivity contribution >= 4 is 11.9 Å². The van der Waals surface area contributed by atoms with Crippen LogP contribution in [-0.4, -0.2) is 48.2 Å². The Hall–Kier alpha value is -1.36. The molecule has 5 heteroatoms. The molecule has 1 atom stereocenters. The molecular formula is C14H23NO4. The smallest absolute Gasteiger partial charge is 0.410 e. The van der Waals surface area contributed by atoms with E-state index < -0.39 is 11.7 Å². The monoisotopic (exact) mass is 269 g/mol. The number of ketones is 1. The van der Waals surface area contributed by atoms with Crippen molar-refractivity contribution in [2.45, 2.75) is 45.8 Å². The molecule has 1 heterocycles.